The summed E-state index contributed by atoms with van der Waals surface area (Å²) in [6.07, 6.45) is 6.82. The van der Waals surface area contributed by atoms with Gasteiger partial charge in [0.05, 0.1) is 6.20 Å². The van der Waals surface area contributed by atoms with Crippen molar-refractivity contribution in [2.75, 3.05) is 6.54 Å². The van der Waals surface area contributed by atoms with Crippen LogP contribution in [0, 0.1) is 0 Å². The number of amides is 2. The molecule has 0 aliphatic heterocycles. The summed E-state index contributed by atoms with van der Waals surface area (Å²) in [6, 6.07) is 0. The van der Waals surface area contributed by atoms with Crippen molar-refractivity contribution in [1.82, 2.24) is 15.3 Å². The average molecular weight is 224 g/mol. The standard InChI is InChI=1S/C9H13N3O.CH3NO/c1-2-3-4-12-9(13)8-7-10-5-6-11-8;2-1-3/h5-7H,2-4H2,1H3,(H,12,13);1H,(H2,2,3). The first-order chi connectivity index (χ1) is 7.76. The van der Waals surface area contributed by atoms with Crippen molar-refractivity contribution in [2.24, 2.45) is 5.73 Å². The first kappa shape index (κ1) is 14.0. The Bertz CT molecular complexity index is 303. The molecule has 6 heteroatoms. The minimum absolute atomic E-state index is 0.151. The van der Waals surface area contributed by atoms with Gasteiger partial charge >= 0.3 is 0 Å². The molecule has 88 valence electrons. The molecule has 0 bridgehead atoms. The molecular weight excluding hydrogens is 208 g/mol. The van der Waals surface area contributed by atoms with Gasteiger partial charge in [0.15, 0.2) is 0 Å². The van der Waals surface area contributed by atoms with E-state index in [-0.39, 0.29) is 12.3 Å². The molecule has 0 aromatic carbocycles. The van der Waals surface area contributed by atoms with Gasteiger partial charge in [0, 0.05) is 18.9 Å². The van der Waals surface area contributed by atoms with Gasteiger partial charge in [-0.2, -0.15) is 0 Å². The monoisotopic (exact) mass is 224 g/mol. The van der Waals surface area contributed by atoms with Gasteiger partial charge in [0.1, 0.15) is 5.69 Å². The summed E-state index contributed by atoms with van der Waals surface area (Å²) in [5.41, 5.74) is 4.54. The number of aromatic nitrogens is 2. The number of hydrogen-bond acceptors (Lipinski definition) is 4. The minimum atomic E-state index is -0.151. The first-order valence-electron chi connectivity index (χ1n) is 4.95. The topological polar surface area (TPSA) is 98.0 Å². The SMILES string of the molecule is CCCCNC(=O)c1cnccn1.NC=O. The highest BCUT2D eigenvalue weighted by Gasteiger charge is 2.04. The Hall–Kier alpha value is -1.98. The Kier molecular flexibility index (Phi) is 8.39. The number of carbonyl (C=O) groups is 2. The number of rotatable bonds is 4. The van der Waals surface area contributed by atoms with Crippen LogP contribution in [0.2, 0.25) is 0 Å². The lowest BCUT2D eigenvalue weighted by Crippen LogP contribution is -2.25. The van der Waals surface area contributed by atoms with Crippen LogP contribution in [0.4, 0.5) is 0 Å². The summed E-state index contributed by atoms with van der Waals surface area (Å²) in [6.45, 7) is 2.78. The number of nitrogens with zero attached hydrogens (tertiary/aromatic N) is 2. The van der Waals surface area contributed by atoms with Gasteiger partial charge < -0.3 is 11.1 Å². The van der Waals surface area contributed by atoms with Crippen LogP contribution < -0.4 is 11.1 Å². The Labute approximate surface area is 94.3 Å². The lowest BCUT2D eigenvalue weighted by Gasteiger charge is -2.01. The molecule has 0 saturated carbocycles. The second-order valence-corrected chi connectivity index (χ2v) is 2.84. The second-order valence-electron chi connectivity index (χ2n) is 2.84. The Morgan fingerprint density at radius 1 is 1.56 bits per heavy atom. The highest BCUT2D eigenvalue weighted by atomic mass is 16.1. The second kappa shape index (κ2) is 9.57. The molecular formula is C10H16N4O2. The van der Waals surface area contributed by atoms with Crippen LogP contribution in [-0.2, 0) is 4.79 Å². The highest BCUT2D eigenvalue weighted by Crippen LogP contribution is 1.90. The number of nitrogens with one attached hydrogen (secondary N) is 1. The van der Waals surface area contributed by atoms with Crippen LogP contribution >= 0.6 is 0 Å². The largest absolute Gasteiger partial charge is 0.372 e. The smallest absolute Gasteiger partial charge is 0.271 e. The lowest BCUT2D eigenvalue weighted by atomic mass is 10.3. The van der Waals surface area contributed by atoms with Gasteiger partial charge in [-0.05, 0) is 6.42 Å². The Morgan fingerprint density at radius 2 is 2.25 bits per heavy atom. The highest BCUT2D eigenvalue weighted by molar-refractivity contribution is 5.91. The van der Waals surface area contributed by atoms with Crippen LogP contribution in [0.15, 0.2) is 18.6 Å². The molecule has 2 amide bonds. The van der Waals surface area contributed by atoms with Crippen molar-refractivity contribution in [3.05, 3.63) is 24.3 Å². The summed E-state index contributed by atoms with van der Waals surface area (Å²) in [5.74, 6) is -0.151. The van der Waals surface area contributed by atoms with Gasteiger partial charge in [-0.25, -0.2) is 4.98 Å². The fourth-order valence-electron chi connectivity index (χ4n) is 0.886. The molecule has 0 aliphatic rings. The van der Waals surface area contributed by atoms with E-state index in [0.29, 0.717) is 12.2 Å². The molecule has 3 N–H and O–H groups in total. The maximum absolute atomic E-state index is 11.3. The Morgan fingerprint density at radius 3 is 2.75 bits per heavy atom. The van der Waals surface area contributed by atoms with E-state index in [1.807, 2.05) is 0 Å². The van der Waals surface area contributed by atoms with Crippen molar-refractivity contribution in [3.63, 3.8) is 0 Å². The maximum Gasteiger partial charge on any atom is 0.271 e. The zero-order chi connectivity index (χ0) is 12.2. The minimum Gasteiger partial charge on any atom is -0.372 e. The van der Waals surface area contributed by atoms with Gasteiger partial charge in [-0.1, -0.05) is 13.3 Å². The maximum atomic E-state index is 11.3. The molecule has 0 fully saturated rings. The van der Waals surface area contributed by atoms with Gasteiger partial charge in [-0.15, -0.1) is 0 Å². The van der Waals surface area contributed by atoms with Crippen LogP contribution in [0.1, 0.15) is 30.3 Å². The molecule has 6 nitrogen and oxygen atoms in total. The quantitative estimate of drug-likeness (QED) is 0.560. The summed E-state index contributed by atoms with van der Waals surface area (Å²) in [7, 11) is 0. The molecule has 1 aromatic rings. The molecule has 0 saturated heterocycles. The zero-order valence-corrected chi connectivity index (χ0v) is 9.22. The van der Waals surface area contributed by atoms with Crippen LogP contribution in [-0.4, -0.2) is 28.8 Å². The third-order valence-electron chi connectivity index (χ3n) is 1.61. The van der Waals surface area contributed by atoms with Gasteiger partial charge in [0.25, 0.3) is 5.91 Å². The van der Waals surface area contributed by atoms with E-state index in [1.54, 1.807) is 6.20 Å². The van der Waals surface area contributed by atoms with E-state index in [9.17, 15) is 4.79 Å². The fourth-order valence-corrected chi connectivity index (χ4v) is 0.886. The number of primary amides is 1. The van der Waals surface area contributed by atoms with E-state index in [2.05, 4.69) is 27.9 Å². The molecule has 1 rings (SSSR count). The van der Waals surface area contributed by atoms with Crippen molar-refractivity contribution >= 4 is 12.3 Å². The van der Waals surface area contributed by atoms with Crippen molar-refractivity contribution in [1.29, 1.82) is 0 Å². The molecule has 0 unspecified atom stereocenters. The molecule has 0 spiro atoms. The Balaban J connectivity index is 0.000000673. The van der Waals surface area contributed by atoms with Crippen LogP contribution in [0.25, 0.3) is 0 Å². The number of carbonyl (C=O) groups excluding carboxylic acids is 2. The molecule has 0 radical (unpaired) electrons. The summed E-state index contributed by atoms with van der Waals surface area (Å²) < 4.78 is 0. The normalized spacial score (nSPS) is 8.56. The van der Waals surface area contributed by atoms with E-state index in [1.165, 1.54) is 12.4 Å². The third-order valence-corrected chi connectivity index (χ3v) is 1.61. The summed E-state index contributed by atoms with van der Waals surface area (Å²) in [5, 5.41) is 2.76. The van der Waals surface area contributed by atoms with Crippen LogP contribution in [0.3, 0.4) is 0 Å². The molecule has 0 aliphatic carbocycles. The number of unbranched alkanes of at least 4 members (excludes halogenated alkanes) is 1. The van der Waals surface area contributed by atoms with Crippen molar-refractivity contribution < 1.29 is 9.59 Å². The summed E-state index contributed by atoms with van der Waals surface area (Å²) >= 11 is 0. The lowest BCUT2D eigenvalue weighted by molar-refractivity contribution is -0.106. The number of hydrogen-bond donors (Lipinski definition) is 2. The predicted octanol–water partition coefficient (Wildman–Crippen LogP) is 0.108. The molecule has 1 aromatic heterocycles. The molecule has 1 heterocycles. The van der Waals surface area contributed by atoms with E-state index in [0.717, 1.165) is 12.8 Å². The predicted molar refractivity (Wildman–Crippen MR) is 59.5 cm³/mol. The van der Waals surface area contributed by atoms with Crippen LogP contribution in [0.5, 0.6) is 0 Å². The molecule has 0 atom stereocenters. The fraction of sp³-hybridized carbons (Fsp3) is 0.400. The number of nitrogens with two attached hydrogens (primary N) is 1. The van der Waals surface area contributed by atoms with Crippen molar-refractivity contribution in [2.45, 2.75) is 19.8 Å². The van der Waals surface area contributed by atoms with E-state index < -0.39 is 0 Å². The van der Waals surface area contributed by atoms with E-state index in [4.69, 9.17) is 4.79 Å². The average Bonchev–Trinajstić information content (AvgIpc) is 2.31. The van der Waals surface area contributed by atoms with Gasteiger partial charge in [0.2, 0.25) is 6.41 Å². The third kappa shape index (κ3) is 6.47. The zero-order valence-electron chi connectivity index (χ0n) is 9.22. The summed E-state index contributed by atoms with van der Waals surface area (Å²) in [4.78, 5) is 27.6. The van der Waals surface area contributed by atoms with Crippen molar-refractivity contribution in [3.8, 4) is 0 Å². The van der Waals surface area contributed by atoms with E-state index >= 15 is 0 Å². The molecule has 16 heavy (non-hydrogen) atoms. The van der Waals surface area contributed by atoms with Gasteiger partial charge in [-0.3, -0.25) is 14.6 Å². The first-order valence-corrected chi connectivity index (χ1v) is 4.95.